The van der Waals surface area contributed by atoms with E-state index in [1.807, 2.05) is 6.07 Å². The zero-order valence-electron chi connectivity index (χ0n) is 10.3. The van der Waals surface area contributed by atoms with Crippen molar-refractivity contribution in [2.75, 3.05) is 0 Å². The SMILES string of the molecule is CC(=O)C(Cl)c1ccc(CC#N)cc1C=CC(=O)O. The van der Waals surface area contributed by atoms with Gasteiger partial charge in [0.1, 0.15) is 5.38 Å². The summed E-state index contributed by atoms with van der Waals surface area (Å²) in [6, 6.07) is 7.02. The van der Waals surface area contributed by atoms with Crippen LogP contribution in [0.15, 0.2) is 24.3 Å². The van der Waals surface area contributed by atoms with Gasteiger partial charge in [0, 0.05) is 6.08 Å². The summed E-state index contributed by atoms with van der Waals surface area (Å²) in [6.07, 6.45) is 2.55. The second-order valence-electron chi connectivity index (χ2n) is 3.94. The molecule has 0 fully saturated rings. The Balaban J connectivity index is 3.26. The fourth-order valence-electron chi connectivity index (χ4n) is 1.58. The molecule has 1 aromatic rings. The third-order valence-corrected chi connectivity index (χ3v) is 3.01. The molecule has 0 aliphatic carbocycles. The molecule has 0 heterocycles. The maximum atomic E-state index is 11.3. The van der Waals surface area contributed by atoms with Crippen LogP contribution in [-0.2, 0) is 16.0 Å². The van der Waals surface area contributed by atoms with Crippen LogP contribution >= 0.6 is 11.6 Å². The van der Waals surface area contributed by atoms with Crippen molar-refractivity contribution in [1.82, 2.24) is 0 Å². The monoisotopic (exact) mass is 277 g/mol. The number of Topliss-reactive ketones (excluding diaryl/α,β-unsaturated/α-hetero) is 1. The first kappa shape index (κ1) is 14.9. The fraction of sp³-hybridized carbons (Fsp3) is 0.214. The van der Waals surface area contributed by atoms with Gasteiger partial charge in [0.25, 0.3) is 0 Å². The molecule has 4 nitrogen and oxygen atoms in total. The van der Waals surface area contributed by atoms with Gasteiger partial charge in [0.15, 0.2) is 5.78 Å². The van der Waals surface area contributed by atoms with E-state index in [-0.39, 0.29) is 12.2 Å². The Morgan fingerprint density at radius 2 is 2.21 bits per heavy atom. The average molecular weight is 278 g/mol. The summed E-state index contributed by atoms with van der Waals surface area (Å²) in [7, 11) is 0. The van der Waals surface area contributed by atoms with Crippen LogP contribution in [0.5, 0.6) is 0 Å². The number of carboxylic acid groups (broad SMARTS) is 1. The Bertz CT molecular complexity index is 573. The first-order valence-corrected chi connectivity index (χ1v) is 5.94. The lowest BCUT2D eigenvalue weighted by Crippen LogP contribution is -2.04. The molecule has 0 aromatic heterocycles. The Morgan fingerprint density at radius 1 is 1.53 bits per heavy atom. The highest BCUT2D eigenvalue weighted by Gasteiger charge is 2.16. The quantitative estimate of drug-likeness (QED) is 0.663. The Kier molecular flexibility index (Phi) is 5.28. The van der Waals surface area contributed by atoms with Crippen molar-refractivity contribution in [2.24, 2.45) is 0 Å². The van der Waals surface area contributed by atoms with E-state index in [2.05, 4.69) is 0 Å². The highest BCUT2D eigenvalue weighted by atomic mass is 35.5. The molecule has 0 aliphatic rings. The van der Waals surface area contributed by atoms with Crippen molar-refractivity contribution >= 4 is 29.4 Å². The molecule has 0 spiro atoms. The fourth-order valence-corrected chi connectivity index (χ4v) is 1.78. The number of ketones is 1. The minimum atomic E-state index is -1.09. The van der Waals surface area contributed by atoms with Crippen LogP contribution < -0.4 is 0 Å². The largest absolute Gasteiger partial charge is 0.478 e. The van der Waals surface area contributed by atoms with Gasteiger partial charge in [-0.3, -0.25) is 4.79 Å². The van der Waals surface area contributed by atoms with Crippen LogP contribution in [0.2, 0.25) is 0 Å². The number of hydrogen-bond donors (Lipinski definition) is 1. The van der Waals surface area contributed by atoms with Crippen LogP contribution in [0.3, 0.4) is 0 Å². The van der Waals surface area contributed by atoms with E-state index >= 15 is 0 Å². The third-order valence-electron chi connectivity index (χ3n) is 2.47. The number of nitriles is 1. The van der Waals surface area contributed by atoms with Gasteiger partial charge in [0.05, 0.1) is 12.5 Å². The molecule has 1 aromatic carbocycles. The number of halogens is 1. The molecule has 19 heavy (non-hydrogen) atoms. The summed E-state index contributed by atoms with van der Waals surface area (Å²) in [6.45, 7) is 1.37. The average Bonchev–Trinajstić information content (AvgIpc) is 2.36. The van der Waals surface area contributed by atoms with E-state index in [0.29, 0.717) is 11.1 Å². The summed E-state index contributed by atoms with van der Waals surface area (Å²) in [5.41, 5.74) is 1.81. The number of carbonyl (C=O) groups is 2. The Hall–Kier alpha value is -2.12. The van der Waals surface area contributed by atoms with E-state index in [4.69, 9.17) is 22.0 Å². The molecule has 0 saturated heterocycles. The summed E-state index contributed by atoms with van der Waals surface area (Å²) >= 11 is 6.00. The first-order chi connectivity index (χ1) is 8.95. The van der Waals surface area contributed by atoms with Crippen LogP contribution in [0.4, 0.5) is 0 Å². The minimum absolute atomic E-state index is 0.210. The van der Waals surface area contributed by atoms with Crippen LogP contribution in [0.25, 0.3) is 6.08 Å². The van der Waals surface area contributed by atoms with E-state index in [9.17, 15) is 9.59 Å². The van der Waals surface area contributed by atoms with Gasteiger partial charge < -0.3 is 5.11 Å². The molecule has 0 aliphatic heterocycles. The molecule has 5 heteroatoms. The second-order valence-corrected chi connectivity index (χ2v) is 4.38. The van der Waals surface area contributed by atoms with Crippen LogP contribution in [-0.4, -0.2) is 16.9 Å². The number of nitrogens with zero attached hydrogens (tertiary/aromatic N) is 1. The number of carbonyl (C=O) groups excluding carboxylic acids is 1. The molecule has 0 saturated carbocycles. The standard InChI is InChI=1S/C14H12ClNO3/c1-9(17)14(15)12-4-2-10(6-7-16)8-11(12)3-5-13(18)19/h2-5,8,14H,6H2,1H3,(H,18,19). The molecule has 98 valence electrons. The number of benzene rings is 1. The van der Waals surface area contributed by atoms with E-state index in [1.54, 1.807) is 18.2 Å². The van der Waals surface area contributed by atoms with Crippen molar-refractivity contribution in [3.05, 3.63) is 41.0 Å². The highest BCUT2D eigenvalue weighted by Crippen LogP contribution is 2.27. The lowest BCUT2D eigenvalue weighted by atomic mass is 9.98. The third kappa shape index (κ3) is 4.23. The van der Waals surface area contributed by atoms with Gasteiger partial charge in [-0.15, -0.1) is 11.6 Å². The molecule has 0 bridgehead atoms. The van der Waals surface area contributed by atoms with Gasteiger partial charge in [-0.1, -0.05) is 18.2 Å². The molecule has 1 N–H and O–H groups in total. The van der Waals surface area contributed by atoms with Gasteiger partial charge in [-0.25, -0.2) is 4.79 Å². The maximum absolute atomic E-state index is 11.3. The zero-order chi connectivity index (χ0) is 14.4. The molecular weight excluding hydrogens is 266 g/mol. The summed E-state index contributed by atoms with van der Waals surface area (Å²) in [5.74, 6) is -1.31. The van der Waals surface area contributed by atoms with Gasteiger partial charge >= 0.3 is 5.97 Å². The van der Waals surface area contributed by atoms with Gasteiger partial charge in [-0.2, -0.15) is 5.26 Å². The molecule has 1 rings (SSSR count). The maximum Gasteiger partial charge on any atom is 0.328 e. The van der Waals surface area contributed by atoms with E-state index in [1.165, 1.54) is 13.0 Å². The highest BCUT2D eigenvalue weighted by molar-refractivity contribution is 6.31. The number of rotatable bonds is 5. The molecule has 1 unspecified atom stereocenters. The summed E-state index contributed by atoms with van der Waals surface area (Å²) < 4.78 is 0. The second kappa shape index (κ2) is 6.72. The van der Waals surface area contributed by atoms with Crippen LogP contribution in [0.1, 0.15) is 29.0 Å². The van der Waals surface area contributed by atoms with Crippen LogP contribution in [0, 0.1) is 11.3 Å². The number of aliphatic carboxylic acids is 1. The lowest BCUT2D eigenvalue weighted by Gasteiger charge is -2.11. The molecular formula is C14H12ClNO3. The van der Waals surface area contributed by atoms with Crippen molar-refractivity contribution in [1.29, 1.82) is 5.26 Å². The molecule has 1 atom stereocenters. The smallest absolute Gasteiger partial charge is 0.328 e. The van der Waals surface area contributed by atoms with Crippen molar-refractivity contribution in [3.8, 4) is 6.07 Å². The van der Waals surface area contributed by atoms with E-state index < -0.39 is 11.3 Å². The van der Waals surface area contributed by atoms with Crippen molar-refractivity contribution in [2.45, 2.75) is 18.7 Å². The summed E-state index contributed by atoms with van der Waals surface area (Å²) in [5, 5.41) is 16.5. The minimum Gasteiger partial charge on any atom is -0.478 e. The Morgan fingerprint density at radius 3 is 2.74 bits per heavy atom. The Labute approximate surface area is 115 Å². The topological polar surface area (TPSA) is 78.2 Å². The van der Waals surface area contributed by atoms with Gasteiger partial charge in [-0.05, 0) is 29.7 Å². The van der Waals surface area contributed by atoms with Gasteiger partial charge in [0.2, 0.25) is 0 Å². The first-order valence-electron chi connectivity index (χ1n) is 5.51. The predicted octanol–water partition coefficient (Wildman–Crippen LogP) is 2.72. The summed E-state index contributed by atoms with van der Waals surface area (Å²) in [4.78, 5) is 21.9. The van der Waals surface area contributed by atoms with Crippen molar-refractivity contribution in [3.63, 3.8) is 0 Å². The molecule has 0 amide bonds. The van der Waals surface area contributed by atoms with E-state index in [0.717, 1.165) is 11.6 Å². The number of alkyl halides is 1. The lowest BCUT2D eigenvalue weighted by molar-refractivity contribution is -0.131. The van der Waals surface area contributed by atoms with Crippen molar-refractivity contribution < 1.29 is 14.7 Å². The predicted molar refractivity (Wildman–Crippen MR) is 71.7 cm³/mol. The normalized spacial score (nSPS) is 12.1. The zero-order valence-corrected chi connectivity index (χ0v) is 11.0. The number of carboxylic acids is 1. The number of hydrogen-bond acceptors (Lipinski definition) is 3. The molecule has 0 radical (unpaired) electrons.